The molecular weight excluding hydrogens is 260 g/mol. The van der Waals surface area contributed by atoms with Gasteiger partial charge in [0, 0.05) is 29.0 Å². The molecule has 0 aliphatic rings. The van der Waals surface area contributed by atoms with Crippen LogP contribution in [0.5, 0.6) is 0 Å². The van der Waals surface area contributed by atoms with Gasteiger partial charge in [-0.1, -0.05) is 37.3 Å². The van der Waals surface area contributed by atoms with Gasteiger partial charge in [-0.3, -0.25) is 9.78 Å². The second kappa shape index (κ2) is 5.75. The second-order valence-corrected chi connectivity index (χ2v) is 4.87. The van der Waals surface area contributed by atoms with Crippen molar-refractivity contribution in [2.45, 2.75) is 13.3 Å². The standard InChI is InChI=1S/C18H16N2O/c1-2-13-6-3-4-9-17(13)20-18(21)15-8-5-7-14-10-11-19-12-16(14)15/h3-12H,2H2,1H3,(H,20,21). The van der Waals surface area contributed by atoms with Crippen LogP contribution in [0.15, 0.2) is 60.9 Å². The van der Waals surface area contributed by atoms with Crippen molar-refractivity contribution in [2.24, 2.45) is 0 Å². The zero-order chi connectivity index (χ0) is 14.7. The lowest BCUT2D eigenvalue weighted by Crippen LogP contribution is -2.13. The molecule has 1 heterocycles. The molecule has 1 amide bonds. The summed E-state index contributed by atoms with van der Waals surface area (Å²) in [6.07, 6.45) is 4.35. The Hall–Kier alpha value is -2.68. The first-order chi connectivity index (χ1) is 10.3. The Morgan fingerprint density at radius 3 is 2.81 bits per heavy atom. The van der Waals surface area contributed by atoms with Gasteiger partial charge in [-0.25, -0.2) is 0 Å². The Kier molecular flexibility index (Phi) is 3.65. The summed E-state index contributed by atoms with van der Waals surface area (Å²) < 4.78 is 0. The summed E-state index contributed by atoms with van der Waals surface area (Å²) in [6.45, 7) is 2.08. The number of benzene rings is 2. The van der Waals surface area contributed by atoms with Crippen molar-refractivity contribution < 1.29 is 4.79 Å². The number of rotatable bonds is 3. The average Bonchev–Trinajstić information content (AvgIpc) is 2.54. The molecule has 0 saturated heterocycles. The van der Waals surface area contributed by atoms with E-state index in [4.69, 9.17) is 0 Å². The number of aromatic nitrogens is 1. The fourth-order valence-corrected chi connectivity index (χ4v) is 2.45. The summed E-state index contributed by atoms with van der Waals surface area (Å²) in [5.74, 6) is -0.102. The van der Waals surface area contributed by atoms with E-state index in [1.807, 2.05) is 48.5 Å². The molecule has 0 saturated carbocycles. The molecule has 104 valence electrons. The number of fused-ring (bicyclic) bond motifs is 1. The van der Waals surface area contributed by atoms with Crippen LogP contribution in [0.3, 0.4) is 0 Å². The van der Waals surface area contributed by atoms with E-state index >= 15 is 0 Å². The van der Waals surface area contributed by atoms with Crippen LogP contribution in [0.25, 0.3) is 10.8 Å². The lowest BCUT2D eigenvalue weighted by molar-refractivity contribution is 0.102. The van der Waals surface area contributed by atoms with E-state index in [2.05, 4.69) is 17.2 Å². The summed E-state index contributed by atoms with van der Waals surface area (Å²) in [7, 11) is 0. The number of amides is 1. The summed E-state index contributed by atoms with van der Waals surface area (Å²) in [5, 5.41) is 4.89. The van der Waals surface area contributed by atoms with Gasteiger partial charge in [0.05, 0.1) is 0 Å². The minimum atomic E-state index is -0.102. The molecule has 3 aromatic rings. The van der Waals surface area contributed by atoms with Gasteiger partial charge in [-0.15, -0.1) is 0 Å². The molecule has 3 heteroatoms. The molecule has 0 spiro atoms. The maximum atomic E-state index is 12.6. The van der Waals surface area contributed by atoms with Gasteiger partial charge < -0.3 is 5.32 Å². The lowest BCUT2D eigenvalue weighted by atomic mass is 10.1. The number of nitrogens with zero attached hydrogens (tertiary/aromatic N) is 1. The monoisotopic (exact) mass is 276 g/mol. The molecule has 0 aliphatic carbocycles. The fourth-order valence-electron chi connectivity index (χ4n) is 2.45. The van der Waals surface area contributed by atoms with Crippen LogP contribution in [0.2, 0.25) is 0 Å². The number of aryl methyl sites for hydroxylation is 1. The summed E-state index contributed by atoms with van der Waals surface area (Å²) in [5.41, 5.74) is 2.64. The van der Waals surface area contributed by atoms with Crippen molar-refractivity contribution in [3.05, 3.63) is 72.1 Å². The smallest absolute Gasteiger partial charge is 0.256 e. The minimum Gasteiger partial charge on any atom is -0.322 e. The number of para-hydroxylation sites is 1. The number of anilines is 1. The topological polar surface area (TPSA) is 42.0 Å². The van der Waals surface area contributed by atoms with E-state index in [-0.39, 0.29) is 5.91 Å². The predicted octanol–water partition coefficient (Wildman–Crippen LogP) is 4.05. The Morgan fingerprint density at radius 2 is 1.95 bits per heavy atom. The normalized spacial score (nSPS) is 10.5. The Bertz CT molecular complexity index is 791. The molecule has 3 nitrogen and oxygen atoms in total. The molecule has 2 aromatic carbocycles. The van der Waals surface area contributed by atoms with Crippen molar-refractivity contribution in [3.8, 4) is 0 Å². The van der Waals surface area contributed by atoms with Gasteiger partial charge in [-0.2, -0.15) is 0 Å². The van der Waals surface area contributed by atoms with E-state index in [0.717, 1.165) is 28.4 Å². The molecule has 1 N–H and O–H groups in total. The first kappa shape index (κ1) is 13.3. The lowest BCUT2D eigenvalue weighted by Gasteiger charge is -2.11. The van der Waals surface area contributed by atoms with Crippen molar-refractivity contribution in [2.75, 3.05) is 5.32 Å². The van der Waals surface area contributed by atoms with E-state index in [9.17, 15) is 4.79 Å². The number of hydrogen-bond acceptors (Lipinski definition) is 2. The van der Waals surface area contributed by atoms with Crippen LogP contribution in [-0.2, 0) is 6.42 Å². The van der Waals surface area contributed by atoms with E-state index in [0.29, 0.717) is 5.56 Å². The van der Waals surface area contributed by atoms with Crippen molar-refractivity contribution in [1.82, 2.24) is 4.98 Å². The van der Waals surface area contributed by atoms with Gasteiger partial charge >= 0.3 is 0 Å². The molecule has 0 radical (unpaired) electrons. The number of pyridine rings is 1. The SMILES string of the molecule is CCc1ccccc1NC(=O)c1cccc2ccncc12. The van der Waals surface area contributed by atoms with Crippen molar-refractivity contribution in [3.63, 3.8) is 0 Å². The van der Waals surface area contributed by atoms with E-state index in [1.54, 1.807) is 12.4 Å². The average molecular weight is 276 g/mol. The molecule has 1 aromatic heterocycles. The third kappa shape index (κ3) is 2.63. The number of carbonyl (C=O) groups excluding carboxylic acids is 1. The largest absolute Gasteiger partial charge is 0.322 e. The molecule has 0 unspecified atom stereocenters. The van der Waals surface area contributed by atoms with Gasteiger partial charge in [0.2, 0.25) is 0 Å². The number of carbonyl (C=O) groups is 1. The first-order valence-corrected chi connectivity index (χ1v) is 7.01. The summed E-state index contributed by atoms with van der Waals surface area (Å²) in [6, 6.07) is 15.5. The van der Waals surface area contributed by atoms with Crippen molar-refractivity contribution in [1.29, 1.82) is 0 Å². The van der Waals surface area contributed by atoms with Crippen LogP contribution in [0.1, 0.15) is 22.8 Å². The Labute approximate surface area is 123 Å². The number of nitrogens with one attached hydrogen (secondary N) is 1. The highest BCUT2D eigenvalue weighted by atomic mass is 16.1. The van der Waals surface area contributed by atoms with Gasteiger partial charge in [0.1, 0.15) is 0 Å². The highest BCUT2D eigenvalue weighted by molar-refractivity contribution is 6.12. The second-order valence-electron chi connectivity index (χ2n) is 4.87. The highest BCUT2D eigenvalue weighted by Crippen LogP contribution is 2.21. The Morgan fingerprint density at radius 1 is 1.10 bits per heavy atom. The van der Waals surface area contributed by atoms with Gasteiger partial charge in [-0.05, 0) is 35.6 Å². The van der Waals surface area contributed by atoms with Crippen LogP contribution >= 0.6 is 0 Å². The van der Waals surface area contributed by atoms with Crippen LogP contribution in [0.4, 0.5) is 5.69 Å². The van der Waals surface area contributed by atoms with Crippen LogP contribution in [-0.4, -0.2) is 10.9 Å². The van der Waals surface area contributed by atoms with E-state index in [1.165, 1.54) is 0 Å². The number of hydrogen-bond donors (Lipinski definition) is 1. The van der Waals surface area contributed by atoms with Gasteiger partial charge in [0.25, 0.3) is 5.91 Å². The summed E-state index contributed by atoms with van der Waals surface area (Å²) in [4.78, 5) is 16.7. The molecule has 21 heavy (non-hydrogen) atoms. The van der Waals surface area contributed by atoms with Crippen molar-refractivity contribution >= 4 is 22.4 Å². The molecule has 3 rings (SSSR count). The quantitative estimate of drug-likeness (QED) is 0.784. The molecule has 0 bridgehead atoms. The van der Waals surface area contributed by atoms with Crippen LogP contribution in [0, 0.1) is 0 Å². The maximum absolute atomic E-state index is 12.6. The van der Waals surface area contributed by atoms with E-state index < -0.39 is 0 Å². The molecule has 0 aliphatic heterocycles. The fraction of sp³-hybridized carbons (Fsp3) is 0.111. The third-order valence-electron chi connectivity index (χ3n) is 3.57. The first-order valence-electron chi connectivity index (χ1n) is 7.01. The third-order valence-corrected chi connectivity index (χ3v) is 3.57. The molecular formula is C18H16N2O. The minimum absolute atomic E-state index is 0.102. The predicted molar refractivity (Wildman–Crippen MR) is 85.5 cm³/mol. The highest BCUT2D eigenvalue weighted by Gasteiger charge is 2.11. The zero-order valence-electron chi connectivity index (χ0n) is 11.8. The zero-order valence-corrected chi connectivity index (χ0v) is 11.8. The molecule has 0 atom stereocenters. The molecule has 0 fully saturated rings. The van der Waals surface area contributed by atoms with Gasteiger partial charge in [0.15, 0.2) is 0 Å². The maximum Gasteiger partial charge on any atom is 0.256 e. The summed E-state index contributed by atoms with van der Waals surface area (Å²) >= 11 is 0. The van der Waals surface area contributed by atoms with Crippen LogP contribution < -0.4 is 5.32 Å². The Balaban J connectivity index is 1.98.